The van der Waals surface area contributed by atoms with Crippen LogP contribution < -0.4 is 5.32 Å². The maximum Gasteiger partial charge on any atom is 0.306 e. The molecule has 0 heterocycles. The summed E-state index contributed by atoms with van der Waals surface area (Å²) in [6.45, 7) is 2.47. The number of rotatable bonds is 5. The minimum Gasteiger partial charge on any atom is -0.481 e. The molecule has 1 fully saturated rings. The normalized spacial score (nSPS) is 21.8. The molecular formula is C17H23NO3. The van der Waals surface area contributed by atoms with Gasteiger partial charge in [0.1, 0.15) is 0 Å². The van der Waals surface area contributed by atoms with Crippen molar-refractivity contribution < 1.29 is 14.7 Å². The maximum absolute atomic E-state index is 12.3. The molecule has 2 atom stereocenters. The molecule has 1 aliphatic rings. The van der Waals surface area contributed by atoms with Crippen molar-refractivity contribution >= 4 is 11.9 Å². The van der Waals surface area contributed by atoms with Gasteiger partial charge in [-0.3, -0.25) is 9.59 Å². The first-order valence-corrected chi connectivity index (χ1v) is 7.72. The topological polar surface area (TPSA) is 66.4 Å². The summed E-state index contributed by atoms with van der Waals surface area (Å²) in [7, 11) is 0. The second kappa shape index (κ2) is 7.25. The smallest absolute Gasteiger partial charge is 0.306 e. The van der Waals surface area contributed by atoms with Gasteiger partial charge in [0.2, 0.25) is 0 Å². The SMILES string of the molecule is CCc1ccccc1C(=O)NCC1CCCCC1C(=O)O. The highest BCUT2D eigenvalue weighted by atomic mass is 16.4. The van der Waals surface area contributed by atoms with Crippen molar-refractivity contribution in [3.05, 3.63) is 35.4 Å². The summed E-state index contributed by atoms with van der Waals surface area (Å²) in [5, 5.41) is 12.2. The number of aryl methyl sites for hydroxylation is 1. The highest BCUT2D eigenvalue weighted by Gasteiger charge is 2.30. The number of amides is 1. The fraction of sp³-hybridized carbons (Fsp3) is 0.529. The van der Waals surface area contributed by atoms with Crippen LogP contribution in [0.1, 0.15) is 48.5 Å². The molecule has 1 amide bonds. The van der Waals surface area contributed by atoms with E-state index in [-0.39, 0.29) is 17.7 Å². The number of carboxylic acids is 1. The van der Waals surface area contributed by atoms with Crippen LogP contribution in [0.2, 0.25) is 0 Å². The first-order valence-electron chi connectivity index (χ1n) is 7.72. The molecule has 0 saturated heterocycles. The first kappa shape index (κ1) is 15.5. The van der Waals surface area contributed by atoms with E-state index < -0.39 is 5.97 Å². The van der Waals surface area contributed by atoms with Crippen molar-refractivity contribution in [3.8, 4) is 0 Å². The second-order valence-corrected chi connectivity index (χ2v) is 5.71. The van der Waals surface area contributed by atoms with Crippen LogP contribution in [0.25, 0.3) is 0 Å². The predicted octanol–water partition coefficient (Wildman–Crippen LogP) is 2.87. The quantitative estimate of drug-likeness (QED) is 0.876. The van der Waals surface area contributed by atoms with E-state index in [4.69, 9.17) is 0 Å². The standard InChI is InChI=1S/C17H23NO3/c1-2-12-7-3-5-9-14(12)16(19)18-11-13-8-4-6-10-15(13)17(20)21/h3,5,7,9,13,15H,2,4,6,8,10-11H2,1H3,(H,18,19)(H,20,21). The third-order valence-corrected chi connectivity index (χ3v) is 4.39. The third kappa shape index (κ3) is 3.84. The van der Waals surface area contributed by atoms with Crippen molar-refractivity contribution in [1.29, 1.82) is 0 Å². The fourth-order valence-corrected chi connectivity index (χ4v) is 3.15. The molecule has 0 spiro atoms. The molecule has 2 rings (SSSR count). The van der Waals surface area contributed by atoms with E-state index in [0.717, 1.165) is 37.7 Å². The Morgan fingerprint density at radius 2 is 1.95 bits per heavy atom. The molecule has 0 aromatic heterocycles. The van der Waals surface area contributed by atoms with Gasteiger partial charge in [-0.25, -0.2) is 0 Å². The Balaban J connectivity index is 1.98. The van der Waals surface area contributed by atoms with Gasteiger partial charge >= 0.3 is 5.97 Å². The molecule has 4 nitrogen and oxygen atoms in total. The summed E-state index contributed by atoms with van der Waals surface area (Å²) >= 11 is 0. The van der Waals surface area contributed by atoms with Gasteiger partial charge in [0.05, 0.1) is 5.92 Å². The van der Waals surface area contributed by atoms with Gasteiger partial charge in [-0.1, -0.05) is 38.0 Å². The number of aliphatic carboxylic acids is 1. The van der Waals surface area contributed by atoms with Crippen LogP contribution in [0.5, 0.6) is 0 Å². The van der Waals surface area contributed by atoms with Crippen LogP contribution >= 0.6 is 0 Å². The van der Waals surface area contributed by atoms with Crippen LogP contribution in [0.3, 0.4) is 0 Å². The van der Waals surface area contributed by atoms with Gasteiger partial charge in [0.15, 0.2) is 0 Å². The lowest BCUT2D eigenvalue weighted by Crippen LogP contribution is -2.37. The van der Waals surface area contributed by atoms with Crippen molar-refractivity contribution in [2.24, 2.45) is 11.8 Å². The van der Waals surface area contributed by atoms with Crippen molar-refractivity contribution in [2.75, 3.05) is 6.54 Å². The molecule has 21 heavy (non-hydrogen) atoms. The molecule has 2 N–H and O–H groups in total. The van der Waals surface area contributed by atoms with Gasteiger partial charge < -0.3 is 10.4 Å². The Labute approximate surface area is 125 Å². The van der Waals surface area contributed by atoms with E-state index in [1.807, 2.05) is 31.2 Å². The van der Waals surface area contributed by atoms with Crippen LogP contribution in [0, 0.1) is 11.8 Å². The first-order chi connectivity index (χ1) is 10.1. The minimum absolute atomic E-state index is 0.0500. The van der Waals surface area contributed by atoms with E-state index in [9.17, 15) is 14.7 Å². The van der Waals surface area contributed by atoms with Crippen LogP contribution in [-0.2, 0) is 11.2 Å². The van der Waals surface area contributed by atoms with E-state index >= 15 is 0 Å². The molecule has 2 unspecified atom stereocenters. The minimum atomic E-state index is -0.733. The van der Waals surface area contributed by atoms with Crippen LogP contribution in [-0.4, -0.2) is 23.5 Å². The lowest BCUT2D eigenvalue weighted by molar-refractivity contribution is -0.144. The summed E-state index contributed by atoms with van der Waals surface area (Å²) in [4.78, 5) is 23.6. The Bertz CT molecular complexity index is 513. The Morgan fingerprint density at radius 1 is 1.24 bits per heavy atom. The van der Waals surface area contributed by atoms with Gasteiger partial charge in [0.25, 0.3) is 5.91 Å². The molecule has 4 heteroatoms. The number of nitrogens with one attached hydrogen (secondary N) is 1. The summed E-state index contributed by atoms with van der Waals surface area (Å²) in [6, 6.07) is 7.56. The Morgan fingerprint density at radius 3 is 2.67 bits per heavy atom. The zero-order valence-electron chi connectivity index (χ0n) is 12.5. The molecule has 0 bridgehead atoms. The molecular weight excluding hydrogens is 266 g/mol. The van der Waals surface area contributed by atoms with E-state index in [1.165, 1.54) is 0 Å². The third-order valence-electron chi connectivity index (χ3n) is 4.39. The molecule has 1 aliphatic carbocycles. The lowest BCUT2D eigenvalue weighted by Gasteiger charge is -2.28. The average molecular weight is 289 g/mol. The van der Waals surface area contributed by atoms with E-state index in [2.05, 4.69) is 5.32 Å². The zero-order chi connectivity index (χ0) is 15.2. The number of benzene rings is 1. The van der Waals surface area contributed by atoms with E-state index in [0.29, 0.717) is 12.1 Å². The maximum atomic E-state index is 12.3. The fourth-order valence-electron chi connectivity index (χ4n) is 3.15. The molecule has 114 valence electrons. The number of carboxylic acid groups (broad SMARTS) is 1. The van der Waals surface area contributed by atoms with Crippen LogP contribution in [0.4, 0.5) is 0 Å². The number of carbonyl (C=O) groups is 2. The number of hydrogen-bond acceptors (Lipinski definition) is 2. The van der Waals surface area contributed by atoms with Gasteiger partial charge in [-0.05, 0) is 36.8 Å². The Hall–Kier alpha value is -1.84. The zero-order valence-corrected chi connectivity index (χ0v) is 12.5. The van der Waals surface area contributed by atoms with Crippen molar-refractivity contribution in [3.63, 3.8) is 0 Å². The summed E-state index contributed by atoms with van der Waals surface area (Å²) < 4.78 is 0. The lowest BCUT2D eigenvalue weighted by atomic mass is 9.79. The van der Waals surface area contributed by atoms with Crippen molar-refractivity contribution in [2.45, 2.75) is 39.0 Å². The molecule has 1 aromatic carbocycles. The summed E-state index contributed by atoms with van der Waals surface area (Å²) in [5.74, 6) is -1.10. The number of carbonyl (C=O) groups excluding carboxylic acids is 1. The molecule has 1 aromatic rings. The molecule has 0 radical (unpaired) electrons. The van der Waals surface area contributed by atoms with E-state index in [1.54, 1.807) is 0 Å². The summed E-state index contributed by atoms with van der Waals surface area (Å²) in [5.41, 5.74) is 1.72. The van der Waals surface area contributed by atoms with Crippen molar-refractivity contribution in [1.82, 2.24) is 5.32 Å². The molecule has 0 aliphatic heterocycles. The highest BCUT2D eigenvalue weighted by Crippen LogP contribution is 2.29. The highest BCUT2D eigenvalue weighted by molar-refractivity contribution is 5.95. The number of hydrogen-bond donors (Lipinski definition) is 2. The summed E-state index contributed by atoms with van der Waals surface area (Å²) in [6.07, 6.45) is 4.44. The largest absolute Gasteiger partial charge is 0.481 e. The predicted molar refractivity (Wildman–Crippen MR) is 81.2 cm³/mol. The monoisotopic (exact) mass is 289 g/mol. The van der Waals surface area contributed by atoms with Gasteiger partial charge in [0, 0.05) is 12.1 Å². The van der Waals surface area contributed by atoms with Crippen LogP contribution in [0.15, 0.2) is 24.3 Å². The second-order valence-electron chi connectivity index (χ2n) is 5.71. The van der Waals surface area contributed by atoms with Gasteiger partial charge in [-0.15, -0.1) is 0 Å². The van der Waals surface area contributed by atoms with Gasteiger partial charge in [-0.2, -0.15) is 0 Å². The average Bonchev–Trinajstić information content (AvgIpc) is 2.52. The Kier molecular flexibility index (Phi) is 5.37. The molecule has 1 saturated carbocycles.